The maximum Gasteiger partial charge on any atom is 0.470 e. The van der Waals surface area contributed by atoms with Crippen molar-refractivity contribution >= 4 is 20.7 Å². The molecule has 0 N–H and O–H groups in total. The molecule has 0 aliphatic rings. The summed E-state index contributed by atoms with van der Waals surface area (Å²) in [5.41, 5.74) is 0. The molecule has 0 spiro atoms. The number of hydrogen-bond acceptors (Lipinski definition) is 3. The van der Waals surface area contributed by atoms with Crippen molar-refractivity contribution < 1.29 is 53.5 Å². The van der Waals surface area contributed by atoms with Gasteiger partial charge in [0, 0.05) is 0 Å². The Morgan fingerprint density at radius 3 is 1.24 bits per heavy atom. The fraction of sp³-hybridized carbons (Fsp3) is 1.00. The fourth-order valence-corrected chi connectivity index (χ4v) is 2.00. The molecule has 0 saturated carbocycles. The molecule has 0 aliphatic heterocycles. The Kier molecular flexibility index (Phi) is 2.85. The lowest BCUT2D eigenvalue weighted by Crippen LogP contribution is -2.52. The van der Waals surface area contributed by atoms with Crippen LogP contribution in [-0.4, -0.2) is 19.8 Å². The minimum absolute atomic E-state index is 1.25. The Balaban J connectivity index is 6.17. The Morgan fingerprint density at radius 2 is 1.18 bits per heavy atom. The first-order valence-electron chi connectivity index (χ1n) is 2.84. The van der Waals surface area contributed by atoms with Crippen LogP contribution in [-0.2, 0) is 14.7 Å². The van der Waals surface area contributed by atoms with E-state index in [-0.39, 0.29) is 0 Å². The van der Waals surface area contributed by atoms with Crippen LogP contribution in [0.2, 0.25) is 0 Å². The van der Waals surface area contributed by atoms with E-state index in [0.29, 0.717) is 0 Å². The van der Waals surface area contributed by atoms with Gasteiger partial charge in [-0.2, -0.15) is 30.2 Å². The second kappa shape index (κ2) is 2.93. The van der Waals surface area contributed by atoms with Gasteiger partial charge in [-0.15, -0.1) is 0 Å². The van der Waals surface area contributed by atoms with Crippen LogP contribution < -0.4 is 0 Å². The van der Waals surface area contributed by atoms with Gasteiger partial charge in [0.05, 0.1) is 0 Å². The van der Waals surface area contributed by atoms with Crippen molar-refractivity contribution in [3.05, 3.63) is 0 Å². The minimum atomic E-state index is -12.2. The van der Waals surface area contributed by atoms with Crippen LogP contribution >= 0.6 is 10.2 Å². The van der Waals surface area contributed by atoms with Gasteiger partial charge >= 0.3 is 32.1 Å². The van der Waals surface area contributed by atoms with Gasteiger partial charge in [-0.05, 0) is 0 Å². The van der Waals surface area contributed by atoms with Crippen molar-refractivity contribution in [2.24, 2.45) is 0 Å². The third kappa shape index (κ3) is 3.27. The van der Waals surface area contributed by atoms with E-state index in [0.717, 1.165) is 0 Å². The summed E-state index contributed by atoms with van der Waals surface area (Å²) >= 11 is 0. The van der Waals surface area contributed by atoms with Crippen LogP contribution in [0.5, 0.6) is 0 Å². The van der Waals surface area contributed by atoms with Crippen LogP contribution in [0.25, 0.3) is 0 Å². The molecule has 0 rings (SSSR count). The predicted octanol–water partition coefficient (Wildman–Crippen LogP) is 3.70. The van der Waals surface area contributed by atoms with Crippen molar-refractivity contribution in [3.8, 4) is 0 Å². The Bertz CT molecular complexity index is 414. The van der Waals surface area contributed by atoms with E-state index >= 15 is 0 Å². The van der Waals surface area contributed by atoms with E-state index in [9.17, 15) is 49.3 Å². The van der Waals surface area contributed by atoms with E-state index in [2.05, 4.69) is 0 Å². The van der Waals surface area contributed by atoms with Crippen LogP contribution in [0.3, 0.4) is 0 Å². The standard InChI is InChI=1S/C2F10O3S2/c3-1(4,5)2(6,15-16(7,13)14)17(8,9,10,11)12. The van der Waals surface area contributed by atoms with Crippen molar-refractivity contribution in [2.45, 2.75) is 11.4 Å². The minimum Gasteiger partial charge on any atom is -0.178 e. The molecule has 0 aromatic rings. The molecule has 1 atom stereocenters. The second-order valence-corrected chi connectivity index (χ2v) is 5.90. The van der Waals surface area contributed by atoms with Crippen molar-refractivity contribution in [1.82, 2.24) is 0 Å². The maximum atomic E-state index is 12.3. The SMILES string of the molecule is O=S(=O)(F)OC(F)(C(F)(F)F)S(F)(F)(F)(F)F. The zero-order chi connectivity index (χ0) is 14.6. The molecular formula is C2F10O3S2. The summed E-state index contributed by atoms with van der Waals surface area (Å²) in [6, 6.07) is 0. The van der Waals surface area contributed by atoms with Crippen LogP contribution in [0.4, 0.5) is 40.9 Å². The lowest BCUT2D eigenvalue weighted by atomic mass is 10.7. The van der Waals surface area contributed by atoms with Gasteiger partial charge < -0.3 is 0 Å². The van der Waals surface area contributed by atoms with Gasteiger partial charge in [-0.1, -0.05) is 23.3 Å². The van der Waals surface area contributed by atoms with Gasteiger partial charge in [0.1, 0.15) is 0 Å². The quantitative estimate of drug-likeness (QED) is 0.587. The van der Waals surface area contributed by atoms with Crippen molar-refractivity contribution in [3.63, 3.8) is 0 Å². The third-order valence-electron chi connectivity index (χ3n) is 1.04. The molecule has 0 fully saturated rings. The number of alkyl halides is 4. The van der Waals surface area contributed by atoms with Crippen LogP contribution in [0.15, 0.2) is 0 Å². The van der Waals surface area contributed by atoms with Gasteiger partial charge in [0.2, 0.25) is 0 Å². The monoisotopic (exact) mass is 326 g/mol. The first-order chi connectivity index (χ1) is 6.70. The molecule has 0 heterocycles. The van der Waals surface area contributed by atoms with Gasteiger partial charge in [0.25, 0.3) is 0 Å². The summed E-state index contributed by atoms with van der Waals surface area (Å²) < 4.78 is 137. The highest BCUT2D eigenvalue weighted by molar-refractivity contribution is 8.46. The van der Waals surface area contributed by atoms with Crippen LogP contribution in [0, 0.1) is 0 Å². The van der Waals surface area contributed by atoms with Crippen LogP contribution in [0.1, 0.15) is 0 Å². The Labute approximate surface area is 86.5 Å². The zero-order valence-corrected chi connectivity index (χ0v) is 8.45. The molecule has 0 radical (unpaired) electrons. The molecule has 1 unspecified atom stereocenters. The molecule has 0 amide bonds. The van der Waals surface area contributed by atoms with E-state index < -0.39 is 32.1 Å². The first kappa shape index (κ1) is 16.6. The predicted molar refractivity (Wildman–Crippen MR) is 34.1 cm³/mol. The highest BCUT2D eigenvalue weighted by atomic mass is 32.5. The second-order valence-electron chi connectivity index (χ2n) is 2.48. The lowest BCUT2D eigenvalue weighted by Gasteiger charge is -2.48. The lowest BCUT2D eigenvalue weighted by molar-refractivity contribution is -0.271. The molecule has 0 aromatic carbocycles. The summed E-state index contributed by atoms with van der Waals surface area (Å²) in [5, 5.41) is -7.94. The maximum absolute atomic E-state index is 12.3. The molecule has 3 nitrogen and oxygen atoms in total. The Morgan fingerprint density at radius 1 is 0.882 bits per heavy atom. The zero-order valence-electron chi connectivity index (χ0n) is 6.82. The van der Waals surface area contributed by atoms with Gasteiger partial charge in [0.15, 0.2) is 0 Å². The van der Waals surface area contributed by atoms with E-state index in [1.807, 2.05) is 0 Å². The largest absolute Gasteiger partial charge is 0.470 e. The molecule has 0 aromatic heterocycles. The smallest absolute Gasteiger partial charge is 0.178 e. The number of hydrogen-bond donors (Lipinski definition) is 0. The first-order valence-corrected chi connectivity index (χ1v) is 6.10. The summed E-state index contributed by atoms with van der Waals surface area (Å²) in [5.74, 6) is 0. The van der Waals surface area contributed by atoms with Gasteiger partial charge in [-0.25, -0.2) is 0 Å². The topological polar surface area (TPSA) is 43.4 Å². The molecule has 0 aliphatic carbocycles. The molecule has 17 heavy (non-hydrogen) atoms. The molecule has 0 saturated heterocycles. The summed E-state index contributed by atoms with van der Waals surface area (Å²) in [4.78, 5) is 0. The number of rotatable bonds is 3. The average molecular weight is 326 g/mol. The Hall–Kier alpha value is -0.440. The van der Waals surface area contributed by atoms with E-state index in [1.165, 1.54) is 4.18 Å². The van der Waals surface area contributed by atoms with Gasteiger partial charge in [-0.3, -0.25) is 0 Å². The fourth-order valence-electron chi connectivity index (χ4n) is 0.458. The molecular weight excluding hydrogens is 326 g/mol. The highest BCUT2D eigenvalue weighted by Gasteiger charge is 2.94. The summed E-state index contributed by atoms with van der Waals surface area (Å²) in [6.45, 7) is 0. The highest BCUT2D eigenvalue weighted by Crippen LogP contribution is 3.05. The summed E-state index contributed by atoms with van der Waals surface area (Å²) in [6.07, 6.45) is -7.56. The summed E-state index contributed by atoms with van der Waals surface area (Å²) in [7, 11) is -19.5. The van der Waals surface area contributed by atoms with E-state index in [1.54, 1.807) is 0 Å². The molecule has 0 bridgehead atoms. The normalized spacial score (nSPS) is 22.5. The van der Waals surface area contributed by atoms with E-state index in [4.69, 9.17) is 0 Å². The average Bonchev–Trinajstić information content (AvgIpc) is 1.72. The molecule has 108 valence electrons. The molecule has 15 heteroatoms. The third-order valence-corrected chi connectivity index (χ3v) is 2.88. The van der Waals surface area contributed by atoms with Crippen molar-refractivity contribution in [2.75, 3.05) is 0 Å². The number of halogens is 10. The van der Waals surface area contributed by atoms with Crippen molar-refractivity contribution in [1.29, 1.82) is 0 Å².